The fourth-order valence-corrected chi connectivity index (χ4v) is 5.13. The maximum atomic E-state index is 13.0. The lowest BCUT2D eigenvalue weighted by molar-refractivity contribution is -0.115. The Labute approximate surface area is 196 Å². The van der Waals surface area contributed by atoms with Gasteiger partial charge in [-0.15, -0.1) is 10.2 Å². The van der Waals surface area contributed by atoms with Crippen molar-refractivity contribution in [2.24, 2.45) is 0 Å². The highest BCUT2D eigenvalue weighted by Crippen LogP contribution is 2.33. The van der Waals surface area contributed by atoms with E-state index in [9.17, 15) is 9.59 Å². The minimum atomic E-state index is -0.0425. The molecule has 0 atom stereocenters. The van der Waals surface area contributed by atoms with E-state index in [4.69, 9.17) is 4.74 Å². The molecule has 0 radical (unpaired) electrons. The predicted molar refractivity (Wildman–Crippen MR) is 128 cm³/mol. The van der Waals surface area contributed by atoms with E-state index in [-0.39, 0.29) is 17.4 Å². The molecular weight excluding hydrogens is 438 g/mol. The summed E-state index contributed by atoms with van der Waals surface area (Å²) in [7, 11) is 1.65. The number of carbonyl (C=O) groups excluding carboxylic acids is 2. The van der Waals surface area contributed by atoms with Crippen LogP contribution < -0.4 is 15.0 Å². The zero-order valence-corrected chi connectivity index (χ0v) is 19.2. The maximum absolute atomic E-state index is 13.0. The first-order chi connectivity index (χ1) is 16.1. The lowest BCUT2D eigenvalue weighted by Crippen LogP contribution is -2.31. The van der Waals surface area contributed by atoms with Crippen LogP contribution in [0.15, 0.2) is 47.6 Å². The van der Waals surface area contributed by atoms with Gasteiger partial charge in [0.15, 0.2) is 10.9 Å². The highest BCUT2D eigenvalue weighted by Gasteiger charge is 2.24. The Bertz CT molecular complexity index is 1200. The number of aromatic nitrogens is 3. The van der Waals surface area contributed by atoms with Gasteiger partial charge >= 0.3 is 0 Å². The summed E-state index contributed by atoms with van der Waals surface area (Å²) in [4.78, 5) is 26.8. The van der Waals surface area contributed by atoms with E-state index >= 15 is 0 Å². The van der Waals surface area contributed by atoms with E-state index < -0.39 is 0 Å². The van der Waals surface area contributed by atoms with Crippen molar-refractivity contribution >= 4 is 35.1 Å². The molecule has 3 heterocycles. The molecule has 1 aromatic heterocycles. The summed E-state index contributed by atoms with van der Waals surface area (Å²) >= 11 is 1.36. The van der Waals surface area contributed by atoms with Crippen molar-refractivity contribution in [3.05, 3.63) is 53.6 Å². The molecule has 2 aliphatic rings. The number of nitrogens with zero attached hydrogens (tertiary/aromatic N) is 4. The second-order valence-corrected chi connectivity index (χ2v) is 9.09. The van der Waals surface area contributed by atoms with Gasteiger partial charge in [0.05, 0.1) is 25.0 Å². The number of hydrogen-bond acceptors (Lipinski definition) is 7. The molecule has 0 unspecified atom stereocenters. The fourth-order valence-electron chi connectivity index (χ4n) is 4.30. The molecule has 1 N–H and O–H groups in total. The molecule has 0 saturated carbocycles. The van der Waals surface area contributed by atoms with E-state index in [1.54, 1.807) is 25.3 Å². The van der Waals surface area contributed by atoms with Gasteiger partial charge in [-0.25, -0.2) is 0 Å². The molecule has 9 heteroatoms. The summed E-state index contributed by atoms with van der Waals surface area (Å²) in [5.41, 5.74) is 3.09. The van der Waals surface area contributed by atoms with E-state index in [1.807, 2.05) is 28.8 Å². The highest BCUT2D eigenvalue weighted by atomic mass is 32.2. The molecule has 0 bridgehead atoms. The van der Waals surface area contributed by atoms with Crippen molar-refractivity contribution in [1.82, 2.24) is 14.8 Å². The molecule has 5 rings (SSSR count). The largest absolute Gasteiger partial charge is 0.495 e. The van der Waals surface area contributed by atoms with Gasteiger partial charge in [-0.1, -0.05) is 23.9 Å². The van der Waals surface area contributed by atoms with Gasteiger partial charge in [-0.2, -0.15) is 0 Å². The van der Waals surface area contributed by atoms with Crippen LogP contribution in [0.2, 0.25) is 0 Å². The number of ether oxygens (including phenoxy) is 1. The monoisotopic (exact) mass is 463 g/mol. The molecule has 2 aromatic carbocycles. The molecule has 1 amide bonds. The van der Waals surface area contributed by atoms with Crippen LogP contribution in [0.25, 0.3) is 5.69 Å². The Morgan fingerprint density at radius 2 is 1.94 bits per heavy atom. The Morgan fingerprint density at radius 1 is 1.12 bits per heavy atom. The first-order valence-electron chi connectivity index (χ1n) is 11.1. The number of benzene rings is 2. The zero-order chi connectivity index (χ0) is 22.8. The highest BCUT2D eigenvalue weighted by molar-refractivity contribution is 7.99. The molecule has 0 aliphatic carbocycles. The minimum absolute atomic E-state index is 0.0174. The third-order valence-corrected chi connectivity index (χ3v) is 6.89. The van der Waals surface area contributed by atoms with Crippen molar-refractivity contribution in [2.45, 2.75) is 30.8 Å². The second kappa shape index (κ2) is 9.27. The Kier molecular flexibility index (Phi) is 6.04. The van der Waals surface area contributed by atoms with Crippen LogP contribution in [-0.4, -0.2) is 52.4 Å². The van der Waals surface area contributed by atoms with Crippen molar-refractivity contribution in [3.63, 3.8) is 0 Å². The molecule has 1 saturated heterocycles. The van der Waals surface area contributed by atoms with Crippen LogP contribution >= 0.6 is 11.8 Å². The molecule has 1 fully saturated rings. The number of anilines is 2. The van der Waals surface area contributed by atoms with Crippen LogP contribution in [0.5, 0.6) is 5.75 Å². The van der Waals surface area contributed by atoms with Gasteiger partial charge < -0.3 is 15.0 Å². The number of Topliss-reactive ketones (excluding diaryl/α,β-unsaturated/α-hetero) is 1. The summed E-state index contributed by atoms with van der Waals surface area (Å²) < 4.78 is 7.60. The molecule has 170 valence electrons. The van der Waals surface area contributed by atoms with Gasteiger partial charge in [0.1, 0.15) is 5.75 Å². The van der Waals surface area contributed by atoms with Gasteiger partial charge in [0.2, 0.25) is 11.9 Å². The number of carbonyl (C=O) groups is 2. The van der Waals surface area contributed by atoms with Gasteiger partial charge in [-0.3, -0.25) is 14.2 Å². The van der Waals surface area contributed by atoms with Gasteiger partial charge in [0.25, 0.3) is 0 Å². The quantitative estimate of drug-likeness (QED) is 0.422. The van der Waals surface area contributed by atoms with E-state index in [1.165, 1.54) is 18.2 Å². The third kappa shape index (κ3) is 4.32. The lowest BCUT2D eigenvalue weighted by atomic mass is 10.1. The normalized spacial score (nSPS) is 15.3. The predicted octanol–water partition coefficient (Wildman–Crippen LogP) is 3.74. The fraction of sp³-hybridized carbons (Fsp3) is 0.333. The zero-order valence-electron chi connectivity index (χ0n) is 18.4. The number of thioether (sulfide) groups is 1. The molecule has 8 nitrogen and oxygen atoms in total. The summed E-state index contributed by atoms with van der Waals surface area (Å²) in [5.74, 6) is 1.65. The lowest BCUT2D eigenvalue weighted by Gasteiger charge is -2.28. The molecule has 3 aromatic rings. The van der Waals surface area contributed by atoms with Crippen molar-refractivity contribution < 1.29 is 14.3 Å². The van der Waals surface area contributed by atoms with E-state index in [0.717, 1.165) is 54.6 Å². The minimum Gasteiger partial charge on any atom is -0.495 e. The summed E-state index contributed by atoms with van der Waals surface area (Å²) in [6.07, 6.45) is 3.77. The number of rotatable bonds is 7. The number of hydrogen-bond donors (Lipinski definition) is 1. The second-order valence-electron chi connectivity index (χ2n) is 8.15. The first kappa shape index (κ1) is 21.5. The SMILES string of the molecule is COc1ccccc1-n1c(SCC(=O)c2ccc3c(c2)CC(=O)N3)nnc1N1CCCCC1. The molecule has 33 heavy (non-hydrogen) atoms. The van der Waals surface area contributed by atoms with Crippen molar-refractivity contribution in [3.8, 4) is 11.4 Å². The number of para-hydroxylation sites is 2. The number of ketones is 1. The van der Waals surface area contributed by atoms with Crippen LogP contribution in [0, 0.1) is 0 Å². The first-order valence-corrected chi connectivity index (χ1v) is 12.0. The number of fused-ring (bicyclic) bond motifs is 1. The molecule has 2 aliphatic heterocycles. The topological polar surface area (TPSA) is 89.3 Å². The average molecular weight is 464 g/mol. The van der Waals surface area contributed by atoms with E-state index in [2.05, 4.69) is 20.4 Å². The average Bonchev–Trinajstić information content (AvgIpc) is 3.44. The maximum Gasteiger partial charge on any atom is 0.232 e. The smallest absolute Gasteiger partial charge is 0.232 e. The molecule has 0 spiro atoms. The standard InChI is InChI=1S/C24H25N5O3S/c1-32-21-8-4-3-7-19(21)29-23(28-11-5-2-6-12-28)26-27-24(29)33-15-20(30)16-9-10-18-17(13-16)14-22(31)25-18/h3-4,7-10,13H,2,5-6,11-12,14-15H2,1H3,(H,25,31). The Hall–Kier alpha value is -3.33. The third-order valence-electron chi connectivity index (χ3n) is 5.97. The number of amides is 1. The van der Waals surface area contributed by atoms with Crippen LogP contribution in [-0.2, 0) is 11.2 Å². The number of methoxy groups -OCH3 is 1. The van der Waals surface area contributed by atoms with Crippen molar-refractivity contribution in [2.75, 3.05) is 36.2 Å². The Morgan fingerprint density at radius 3 is 2.76 bits per heavy atom. The van der Waals surface area contributed by atoms with Crippen LogP contribution in [0.1, 0.15) is 35.2 Å². The summed E-state index contributed by atoms with van der Waals surface area (Å²) in [6, 6.07) is 13.1. The summed E-state index contributed by atoms with van der Waals surface area (Å²) in [6.45, 7) is 1.86. The number of piperidine rings is 1. The number of nitrogens with one attached hydrogen (secondary N) is 1. The Balaban J connectivity index is 1.42. The summed E-state index contributed by atoms with van der Waals surface area (Å²) in [5, 5.41) is 12.4. The van der Waals surface area contributed by atoms with Crippen molar-refractivity contribution in [1.29, 1.82) is 0 Å². The van der Waals surface area contributed by atoms with Crippen LogP contribution in [0.3, 0.4) is 0 Å². The van der Waals surface area contributed by atoms with Gasteiger partial charge in [0, 0.05) is 24.3 Å². The van der Waals surface area contributed by atoms with E-state index in [0.29, 0.717) is 17.1 Å². The van der Waals surface area contributed by atoms with Gasteiger partial charge in [-0.05, 0) is 55.2 Å². The van der Waals surface area contributed by atoms with Crippen LogP contribution in [0.4, 0.5) is 11.6 Å². The molecular formula is C24H25N5O3S.